The van der Waals surface area contributed by atoms with Crippen molar-refractivity contribution in [2.45, 2.75) is 212 Å². The number of amides is 1. The lowest BCUT2D eigenvalue weighted by Gasteiger charge is -2.55. The minimum absolute atomic E-state index is 0.0206. The topological polar surface area (TPSA) is 179 Å². The van der Waals surface area contributed by atoms with Gasteiger partial charge in [-0.2, -0.15) is 0 Å². The van der Waals surface area contributed by atoms with E-state index in [1.165, 1.54) is 0 Å². The Labute approximate surface area is 353 Å². The fourth-order valence-electron chi connectivity index (χ4n) is 11.0. The lowest BCUT2D eigenvalue weighted by Crippen LogP contribution is -2.65. The first-order valence-electron chi connectivity index (χ1n) is 22.9. The smallest absolute Gasteiger partial charge is 0.407 e. The molecule has 13 nitrogen and oxygen atoms in total. The number of carboxylic acids is 1. The lowest BCUT2D eigenvalue weighted by molar-refractivity contribution is -0.398. The van der Waals surface area contributed by atoms with Gasteiger partial charge in [0, 0.05) is 30.1 Å². The summed E-state index contributed by atoms with van der Waals surface area (Å²) in [5.41, 5.74) is -1.71. The summed E-state index contributed by atoms with van der Waals surface area (Å²) >= 11 is 0. The van der Waals surface area contributed by atoms with Gasteiger partial charge in [-0.05, 0) is 96.0 Å². The summed E-state index contributed by atoms with van der Waals surface area (Å²) in [7, 11) is 0. The van der Waals surface area contributed by atoms with Gasteiger partial charge in [0.15, 0.2) is 11.6 Å². The number of aliphatic hydroxyl groups is 2. The fraction of sp³-hybridized carbons (Fsp3) is 0.891. The Kier molecular flexibility index (Phi) is 15.5. The van der Waals surface area contributed by atoms with Gasteiger partial charge < -0.3 is 49.1 Å². The van der Waals surface area contributed by atoms with E-state index in [9.17, 15) is 29.7 Å². The van der Waals surface area contributed by atoms with Crippen LogP contribution in [-0.2, 0) is 38.0 Å². The zero-order valence-corrected chi connectivity index (χ0v) is 37.7. The Morgan fingerprint density at radius 1 is 0.898 bits per heavy atom. The molecule has 5 aliphatic rings. The second-order valence-electron chi connectivity index (χ2n) is 19.2. The average molecular weight is 836 g/mol. The molecule has 5 rings (SSSR count). The molecule has 13 heteroatoms. The lowest BCUT2D eigenvalue weighted by atomic mass is 9.72. The second kappa shape index (κ2) is 19.1. The summed E-state index contributed by atoms with van der Waals surface area (Å²) < 4.78 is 39.8. The molecular weight excluding hydrogens is 759 g/mol. The maximum absolute atomic E-state index is 14.6. The van der Waals surface area contributed by atoms with Crippen molar-refractivity contribution in [3.8, 4) is 0 Å². The summed E-state index contributed by atoms with van der Waals surface area (Å²) in [6.07, 6.45) is 6.53. The molecule has 0 aliphatic carbocycles. The van der Waals surface area contributed by atoms with Crippen LogP contribution in [0.3, 0.4) is 0 Å². The van der Waals surface area contributed by atoms with Crippen LogP contribution in [0.5, 0.6) is 0 Å². The van der Waals surface area contributed by atoms with E-state index in [1.54, 1.807) is 6.92 Å². The van der Waals surface area contributed by atoms with E-state index in [-0.39, 0.29) is 36.2 Å². The van der Waals surface area contributed by atoms with Crippen LogP contribution in [0.4, 0.5) is 4.79 Å². The highest BCUT2D eigenvalue weighted by Gasteiger charge is 2.63. The highest BCUT2D eigenvalue weighted by molar-refractivity contribution is 5.84. The first kappa shape index (κ1) is 47.9. The molecular formula is C46H77NO12. The van der Waals surface area contributed by atoms with E-state index < -0.39 is 95.1 Å². The van der Waals surface area contributed by atoms with E-state index >= 15 is 0 Å². The molecule has 18 atom stereocenters. The third-order valence-electron chi connectivity index (χ3n) is 15.2. The number of rotatable bonds is 15. The molecule has 0 bridgehead atoms. The van der Waals surface area contributed by atoms with Crippen LogP contribution >= 0.6 is 0 Å². The van der Waals surface area contributed by atoms with Crippen LogP contribution in [0.15, 0.2) is 12.2 Å². The van der Waals surface area contributed by atoms with Gasteiger partial charge in [0.1, 0.15) is 11.8 Å². The summed E-state index contributed by atoms with van der Waals surface area (Å²) in [6, 6.07) is -0.714. The molecule has 0 aromatic heterocycles. The number of hydrogen-bond acceptors (Lipinski definition) is 11. The van der Waals surface area contributed by atoms with Gasteiger partial charge in [-0.1, -0.05) is 68.4 Å². The van der Waals surface area contributed by atoms with Crippen molar-refractivity contribution in [3.63, 3.8) is 0 Å². The highest BCUT2D eigenvalue weighted by atomic mass is 16.8. The van der Waals surface area contributed by atoms with Gasteiger partial charge in [0.05, 0.1) is 60.4 Å². The van der Waals surface area contributed by atoms with Crippen molar-refractivity contribution in [2.75, 3.05) is 6.61 Å². The quantitative estimate of drug-likeness (QED) is 0.121. The molecule has 59 heavy (non-hydrogen) atoms. The number of carbonyl (C=O) groups is 3. The summed E-state index contributed by atoms with van der Waals surface area (Å²) in [4.78, 5) is 39.7. The molecule has 4 saturated heterocycles. The van der Waals surface area contributed by atoms with E-state index in [1.807, 2.05) is 60.6 Å². The molecule has 4 N–H and O–H groups in total. The Morgan fingerprint density at radius 3 is 2.20 bits per heavy atom. The standard InChI is InChI=1S/C46H77NO12/c1-12-24-54-42(52)47-35-18-21-45(59-46(35)23-22-43(11,58-46)36-19-20-44(53,15-4)31(10)55-36)28(7)25-27(6)40(57-45)33(14-3)38(49)29(8)37(48)30(9)39-26(5)16-17-34(56-39)32(13-2)41(50)51/h18,21,26-37,39-40,48,53H,12-17,19-20,22-25H2,1-11H3,(H,47,52)(H,50,51)/t26-,27-,28+,29-,30-,31-,32+,33-,34+,35-,36+,37+,39+,40-,43-,44+,45-,46-/m0/s1. The van der Waals surface area contributed by atoms with Gasteiger partial charge in [-0.15, -0.1) is 0 Å². The van der Waals surface area contributed by atoms with Crippen LogP contribution in [0, 0.1) is 41.4 Å². The van der Waals surface area contributed by atoms with Crippen molar-refractivity contribution in [3.05, 3.63) is 12.2 Å². The van der Waals surface area contributed by atoms with Gasteiger partial charge in [-0.3, -0.25) is 9.59 Å². The monoisotopic (exact) mass is 836 g/mol. The SMILES string of the molecule is CCCOC(=O)N[C@H]1C=C[C@]2(O[C@H]([C@@H](CC)C(=O)[C@@H](C)[C@@H](O)[C@H](C)[C@@H]3O[C@@H]([C@@H](CC)C(=O)O)CC[C@@H]3C)[C@@H](C)C[C@H]2C)O[C@@]12CC[C@@](C)([C@H]1CC[C@](O)(CC)[C@H](C)O1)O2. The number of aliphatic carboxylic acids is 1. The molecule has 0 aromatic rings. The number of Topliss-reactive ketones (excluding diaryl/α,β-unsaturated/α-hetero) is 1. The Bertz CT molecular complexity index is 1490. The maximum atomic E-state index is 14.6. The first-order valence-corrected chi connectivity index (χ1v) is 22.9. The van der Waals surface area contributed by atoms with Crippen molar-refractivity contribution in [1.82, 2.24) is 5.32 Å². The molecule has 1 amide bonds. The van der Waals surface area contributed by atoms with Crippen molar-refractivity contribution < 1.29 is 58.1 Å². The molecule has 5 aliphatic heterocycles. The van der Waals surface area contributed by atoms with Crippen molar-refractivity contribution >= 4 is 17.8 Å². The second-order valence-corrected chi connectivity index (χ2v) is 19.2. The number of hydrogen-bond donors (Lipinski definition) is 4. The number of alkyl carbamates (subject to hydrolysis) is 1. The Hall–Kier alpha value is -2.13. The summed E-state index contributed by atoms with van der Waals surface area (Å²) in [5.74, 6) is -6.03. The number of nitrogens with one attached hydrogen (secondary N) is 1. The average Bonchev–Trinajstić information content (AvgIpc) is 3.54. The predicted octanol–water partition coefficient (Wildman–Crippen LogP) is 7.33. The summed E-state index contributed by atoms with van der Waals surface area (Å²) in [5, 5.41) is 35.8. The predicted molar refractivity (Wildman–Crippen MR) is 221 cm³/mol. The summed E-state index contributed by atoms with van der Waals surface area (Å²) in [6.45, 7) is 21.8. The third-order valence-corrected chi connectivity index (χ3v) is 15.2. The molecule has 338 valence electrons. The molecule has 0 unspecified atom stereocenters. The van der Waals surface area contributed by atoms with Crippen molar-refractivity contribution in [2.24, 2.45) is 41.4 Å². The van der Waals surface area contributed by atoms with E-state index in [0.29, 0.717) is 64.2 Å². The third kappa shape index (κ3) is 9.61. The minimum Gasteiger partial charge on any atom is -0.481 e. The Balaban J connectivity index is 1.38. The van der Waals surface area contributed by atoms with Crippen molar-refractivity contribution in [1.29, 1.82) is 0 Å². The number of ketones is 1. The van der Waals surface area contributed by atoms with Crippen LogP contribution < -0.4 is 5.32 Å². The normalized spacial score (nSPS) is 42.5. The maximum Gasteiger partial charge on any atom is 0.407 e. The number of carboxylic acid groups (broad SMARTS) is 1. The van der Waals surface area contributed by atoms with Gasteiger partial charge in [0.25, 0.3) is 0 Å². The fourth-order valence-corrected chi connectivity index (χ4v) is 11.0. The highest BCUT2D eigenvalue weighted by Crippen LogP contribution is 2.54. The minimum atomic E-state index is -1.35. The van der Waals surface area contributed by atoms with Gasteiger partial charge in [-0.25, -0.2) is 4.79 Å². The number of aliphatic hydroxyl groups excluding tert-OH is 1. The molecule has 0 aromatic carbocycles. The van der Waals surface area contributed by atoms with E-state index in [2.05, 4.69) is 26.1 Å². The number of carbonyl (C=O) groups excluding carboxylic acids is 2. The van der Waals surface area contributed by atoms with E-state index in [0.717, 1.165) is 6.42 Å². The molecule has 0 saturated carbocycles. The zero-order valence-electron chi connectivity index (χ0n) is 37.7. The Morgan fingerprint density at radius 2 is 1.59 bits per heavy atom. The molecule has 0 radical (unpaired) electrons. The van der Waals surface area contributed by atoms with E-state index in [4.69, 9.17) is 28.4 Å². The van der Waals surface area contributed by atoms with Crippen LogP contribution in [0.25, 0.3) is 0 Å². The molecule has 4 fully saturated rings. The van der Waals surface area contributed by atoms with Crippen LogP contribution in [-0.4, -0.2) is 105 Å². The van der Waals surface area contributed by atoms with Gasteiger partial charge in [0.2, 0.25) is 0 Å². The van der Waals surface area contributed by atoms with Crippen LogP contribution in [0.1, 0.15) is 147 Å². The van der Waals surface area contributed by atoms with Gasteiger partial charge >= 0.3 is 12.1 Å². The first-order chi connectivity index (χ1) is 27.7. The molecule has 5 heterocycles. The molecule has 2 spiro atoms. The largest absolute Gasteiger partial charge is 0.481 e. The number of ether oxygens (including phenoxy) is 6. The van der Waals surface area contributed by atoms with Crippen LogP contribution in [0.2, 0.25) is 0 Å². The zero-order chi connectivity index (χ0) is 43.7.